The van der Waals surface area contributed by atoms with E-state index in [0.29, 0.717) is 19.4 Å². The minimum atomic E-state index is -0.923. The number of amides is 2. The van der Waals surface area contributed by atoms with Crippen LogP contribution in [-0.2, 0) is 22.6 Å². The van der Waals surface area contributed by atoms with Crippen LogP contribution in [0.4, 0.5) is 5.69 Å². The molecule has 5 nitrogen and oxygen atoms in total. The van der Waals surface area contributed by atoms with Crippen LogP contribution in [0.15, 0.2) is 48.5 Å². The normalized spacial score (nSPS) is 19.3. The average Bonchev–Trinajstić information content (AvgIpc) is 3.43. The van der Waals surface area contributed by atoms with Gasteiger partial charge in [-0.2, -0.15) is 0 Å². The van der Waals surface area contributed by atoms with Gasteiger partial charge in [-0.05, 0) is 43.9 Å². The minimum Gasteiger partial charge on any atom is -0.496 e. The number of ether oxygens (including phenoxy) is 1. The molecule has 2 aliphatic rings. The van der Waals surface area contributed by atoms with E-state index < -0.39 is 5.41 Å². The van der Waals surface area contributed by atoms with Gasteiger partial charge in [0.2, 0.25) is 11.8 Å². The van der Waals surface area contributed by atoms with E-state index >= 15 is 0 Å². The number of nitrogens with one attached hydrogen (secondary N) is 1. The summed E-state index contributed by atoms with van der Waals surface area (Å²) in [5.41, 5.74) is 2.09. The smallest absolute Gasteiger partial charge is 0.242 e. The van der Waals surface area contributed by atoms with Crippen molar-refractivity contribution < 1.29 is 14.3 Å². The highest BCUT2D eigenvalue weighted by Crippen LogP contribution is 2.50. The lowest BCUT2D eigenvalue weighted by Crippen LogP contribution is -2.47. The zero-order valence-electron chi connectivity index (χ0n) is 15.7. The number of hydrogen-bond acceptors (Lipinski definition) is 3. The molecule has 2 amide bonds. The van der Waals surface area contributed by atoms with Crippen LogP contribution in [0.1, 0.15) is 30.9 Å². The molecule has 1 fully saturated rings. The molecule has 0 radical (unpaired) electrons. The summed E-state index contributed by atoms with van der Waals surface area (Å²) in [7, 11) is 1.61. The lowest BCUT2D eigenvalue weighted by Gasteiger charge is -2.27. The molecule has 1 aliphatic heterocycles. The van der Waals surface area contributed by atoms with Gasteiger partial charge in [-0.15, -0.1) is 0 Å². The molecule has 4 rings (SSSR count). The van der Waals surface area contributed by atoms with Gasteiger partial charge in [0, 0.05) is 23.8 Å². The number of fused-ring (bicyclic) bond motifs is 1. The number of carbonyl (C=O) groups is 2. The highest BCUT2D eigenvalue weighted by molar-refractivity contribution is 6.15. The Morgan fingerprint density at radius 1 is 1.15 bits per heavy atom. The van der Waals surface area contributed by atoms with Gasteiger partial charge in [0.1, 0.15) is 11.2 Å². The molecule has 1 aliphatic carbocycles. The largest absolute Gasteiger partial charge is 0.496 e. The van der Waals surface area contributed by atoms with Gasteiger partial charge in [0.25, 0.3) is 0 Å². The van der Waals surface area contributed by atoms with Gasteiger partial charge in [-0.25, -0.2) is 0 Å². The first-order chi connectivity index (χ1) is 13.1. The Bertz CT molecular complexity index is 889. The van der Waals surface area contributed by atoms with E-state index in [0.717, 1.165) is 23.4 Å². The number of para-hydroxylation sites is 2. The third-order valence-electron chi connectivity index (χ3n) is 5.65. The van der Waals surface area contributed by atoms with Crippen LogP contribution in [-0.4, -0.2) is 25.0 Å². The lowest BCUT2D eigenvalue weighted by molar-refractivity contribution is -0.136. The molecule has 0 saturated heterocycles. The summed E-state index contributed by atoms with van der Waals surface area (Å²) in [5, 5.41) is 2.95. The Kier molecular flexibility index (Phi) is 4.38. The van der Waals surface area contributed by atoms with Gasteiger partial charge in [0.05, 0.1) is 7.11 Å². The Balaban J connectivity index is 1.50. The molecular weight excluding hydrogens is 340 g/mol. The van der Waals surface area contributed by atoms with Crippen LogP contribution >= 0.6 is 0 Å². The molecule has 0 spiro atoms. The number of carbonyl (C=O) groups excluding carboxylic acids is 2. The fraction of sp³-hybridized carbons (Fsp3) is 0.364. The van der Waals surface area contributed by atoms with Gasteiger partial charge >= 0.3 is 0 Å². The summed E-state index contributed by atoms with van der Waals surface area (Å²) in [6.07, 6.45) is 2.05. The van der Waals surface area contributed by atoms with Crippen LogP contribution in [0.25, 0.3) is 0 Å². The van der Waals surface area contributed by atoms with Crippen LogP contribution in [0.5, 0.6) is 5.75 Å². The fourth-order valence-electron chi connectivity index (χ4n) is 3.96. The van der Waals surface area contributed by atoms with E-state index in [2.05, 4.69) is 11.4 Å². The second-order valence-corrected chi connectivity index (χ2v) is 7.43. The second-order valence-electron chi connectivity index (χ2n) is 7.43. The summed E-state index contributed by atoms with van der Waals surface area (Å²) >= 11 is 0. The van der Waals surface area contributed by atoms with Crippen molar-refractivity contribution in [3.63, 3.8) is 0 Å². The van der Waals surface area contributed by atoms with E-state index in [1.165, 1.54) is 5.56 Å². The van der Waals surface area contributed by atoms with E-state index in [4.69, 9.17) is 4.74 Å². The van der Waals surface area contributed by atoms with E-state index in [1.54, 1.807) is 7.11 Å². The van der Waals surface area contributed by atoms with Gasteiger partial charge < -0.3 is 15.0 Å². The van der Waals surface area contributed by atoms with Crippen molar-refractivity contribution in [3.05, 3.63) is 59.7 Å². The minimum absolute atomic E-state index is 0.0718. The Morgan fingerprint density at radius 2 is 1.85 bits per heavy atom. The predicted octanol–water partition coefficient (Wildman–Crippen LogP) is 3.07. The molecule has 1 saturated carbocycles. The molecule has 27 heavy (non-hydrogen) atoms. The molecule has 1 unspecified atom stereocenters. The van der Waals surface area contributed by atoms with Crippen molar-refractivity contribution in [1.82, 2.24) is 5.32 Å². The average molecular weight is 364 g/mol. The SMILES string of the molecule is COc1ccccc1CNC(=O)C1(C(=O)N2c3ccccc3CC2C)CC1. The molecule has 0 bridgehead atoms. The topological polar surface area (TPSA) is 58.6 Å². The maximum Gasteiger partial charge on any atom is 0.242 e. The molecule has 2 aromatic carbocycles. The lowest BCUT2D eigenvalue weighted by atomic mass is 10.0. The quantitative estimate of drug-likeness (QED) is 0.830. The number of hydrogen-bond donors (Lipinski definition) is 1. The van der Waals surface area contributed by atoms with E-state index in [1.807, 2.05) is 54.3 Å². The first kappa shape index (κ1) is 17.6. The van der Waals surface area contributed by atoms with Crippen molar-refractivity contribution >= 4 is 17.5 Å². The molecule has 2 aromatic rings. The number of nitrogens with zero attached hydrogens (tertiary/aromatic N) is 1. The van der Waals surface area contributed by atoms with Crippen molar-refractivity contribution in [3.8, 4) is 5.75 Å². The molecule has 1 N–H and O–H groups in total. The fourth-order valence-corrected chi connectivity index (χ4v) is 3.96. The summed E-state index contributed by atoms with van der Waals surface area (Å²) in [5.74, 6) is 0.475. The molecule has 0 aromatic heterocycles. The summed E-state index contributed by atoms with van der Waals surface area (Å²) in [4.78, 5) is 28.1. The number of anilines is 1. The van der Waals surface area contributed by atoms with Gasteiger partial charge in [-0.1, -0.05) is 36.4 Å². The first-order valence-electron chi connectivity index (χ1n) is 9.38. The Morgan fingerprint density at radius 3 is 2.59 bits per heavy atom. The standard InChI is InChI=1S/C22H24N2O3/c1-15-13-16-7-3-5-9-18(16)24(15)21(26)22(11-12-22)20(25)23-14-17-8-4-6-10-19(17)27-2/h3-10,15H,11-14H2,1-2H3,(H,23,25). The molecule has 1 atom stereocenters. The van der Waals surface area contributed by atoms with Gasteiger partial charge in [-0.3, -0.25) is 9.59 Å². The Hall–Kier alpha value is -2.82. The highest BCUT2D eigenvalue weighted by atomic mass is 16.5. The van der Waals surface area contributed by atoms with Crippen molar-refractivity contribution in [1.29, 1.82) is 0 Å². The molecule has 140 valence electrons. The zero-order chi connectivity index (χ0) is 19.0. The molecule has 1 heterocycles. The van der Waals surface area contributed by atoms with Crippen LogP contribution in [0.2, 0.25) is 0 Å². The van der Waals surface area contributed by atoms with Crippen molar-refractivity contribution in [2.24, 2.45) is 5.41 Å². The predicted molar refractivity (Wildman–Crippen MR) is 104 cm³/mol. The van der Waals surface area contributed by atoms with Crippen LogP contribution in [0, 0.1) is 5.41 Å². The maximum atomic E-state index is 13.3. The summed E-state index contributed by atoms with van der Waals surface area (Å²) in [6, 6.07) is 15.6. The summed E-state index contributed by atoms with van der Waals surface area (Å²) < 4.78 is 5.33. The summed E-state index contributed by atoms with van der Waals surface area (Å²) in [6.45, 7) is 2.39. The second kappa shape index (κ2) is 6.72. The van der Waals surface area contributed by atoms with E-state index in [-0.39, 0.29) is 17.9 Å². The van der Waals surface area contributed by atoms with E-state index in [9.17, 15) is 9.59 Å². The van der Waals surface area contributed by atoms with Gasteiger partial charge in [0.15, 0.2) is 0 Å². The third-order valence-corrected chi connectivity index (χ3v) is 5.65. The molecular formula is C22H24N2O3. The Labute approximate surface area is 159 Å². The third kappa shape index (κ3) is 2.97. The van der Waals surface area contributed by atoms with Crippen molar-refractivity contribution in [2.45, 2.75) is 38.8 Å². The first-order valence-corrected chi connectivity index (χ1v) is 9.38. The van der Waals surface area contributed by atoms with Crippen LogP contribution < -0.4 is 15.0 Å². The zero-order valence-corrected chi connectivity index (χ0v) is 15.7. The number of rotatable bonds is 5. The monoisotopic (exact) mass is 364 g/mol. The van der Waals surface area contributed by atoms with Crippen molar-refractivity contribution in [2.75, 3.05) is 12.0 Å². The number of benzene rings is 2. The maximum absolute atomic E-state index is 13.3. The van der Waals surface area contributed by atoms with Crippen LogP contribution in [0.3, 0.4) is 0 Å². The molecule has 5 heteroatoms. The number of methoxy groups -OCH3 is 1. The highest BCUT2D eigenvalue weighted by Gasteiger charge is 2.59.